The Morgan fingerprint density at radius 3 is 2.30 bits per heavy atom. The number of sulfone groups is 1. The number of hydrogen-bond donors (Lipinski definition) is 0. The molecule has 1 aromatic rings. The molecule has 1 aromatic carbocycles. The molecule has 0 amide bonds. The lowest BCUT2D eigenvalue weighted by Gasteiger charge is -2.05. The highest BCUT2D eigenvalue weighted by Crippen LogP contribution is 2.28. The topological polar surface area (TPSA) is 135 Å². The molecule has 0 fully saturated rings. The van der Waals surface area contributed by atoms with E-state index in [-0.39, 0.29) is 0 Å². The third-order valence-corrected chi connectivity index (χ3v) is 5.39. The van der Waals surface area contributed by atoms with Gasteiger partial charge in [-0.3, -0.25) is 10.1 Å². The zero-order valence-corrected chi connectivity index (χ0v) is 12.1. The van der Waals surface area contributed by atoms with Crippen molar-refractivity contribution in [2.24, 2.45) is 0 Å². The van der Waals surface area contributed by atoms with Crippen LogP contribution in [0.3, 0.4) is 0 Å². The summed E-state index contributed by atoms with van der Waals surface area (Å²) >= 11 is 0. The van der Waals surface area contributed by atoms with Gasteiger partial charge in [-0.25, -0.2) is 16.8 Å². The molecule has 0 saturated heterocycles. The van der Waals surface area contributed by atoms with Crippen LogP contribution >= 0.6 is 10.7 Å². The molecule has 0 radical (unpaired) electrons. The van der Waals surface area contributed by atoms with Crippen molar-refractivity contribution in [3.8, 4) is 6.07 Å². The monoisotopic (exact) mass is 338 g/mol. The maximum Gasteiger partial charge on any atom is 0.305 e. The van der Waals surface area contributed by atoms with Gasteiger partial charge in [-0.1, -0.05) is 6.07 Å². The number of nitrogens with zero attached hydrogens (tertiary/aromatic N) is 2. The molecule has 0 aliphatic heterocycles. The standard InChI is InChI=1S/C9H7ClN2O6S2/c10-20(17,18)5-4-19(15,16)8-3-1-2-7(6-11)9(8)12(13)14/h1-3H,4-5H2. The quantitative estimate of drug-likeness (QED) is 0.440. The van der Waals surface area contributed by atoms with Gasteiger partial charge in [0.2, 0.25) is 9.05 Å². The Labute approximate surface area is 119 Å². The van der Waals surface area contributed by atoms with Crippen LogP contribution in [-0.4, -0.2) is 33.3 Å². The Kier molecular flexibility index (Phi) is 4.69. The van der Waals surface area contributed by atoms with Crippen LogP contribution in [0.15, 0.2) is 23.1 Å². The average Bonchev–Trinajstić information content (AvgIpc) is 2.34. The number of nitro groups is 1. The second-order valence-corrected chi connectivity index (χ2v) is 8.56. The van der Waals surface area contributed by atoms with Gasteiger partial charge in [-0.15, -0.1) is 0 Å². The number of para-hydroxylation sites is 1. The van der Waals surface area contributed by atoms with Gasteiger partial charge < -0.3 is 0 Å². The largest absolute Gasteiger partial charge is 0.305 e. The van der Waals surface area contributed by atoms with E-state index in [0.29, 0.717) is 0 Å². The first kappa shape index (κ1) is 16.4. The molecule has 0 unspecified atom stereocenters. The molecule has 0 spiro atoms. The lowest BCUT2D eigenvalue weighted by Crippen LogP contribution is -2.16. The molecule has 1 rings (SSSR count). The predicted octanol–water partition coefficient (Wildman–Crippen LogP) is 0.809. The van der Waals surface area contributed by atoms with Crippen molar-refractivity contribution < 1.29 is 21.8 Å². The molecule has 20 heavy (non-hydrogen) atoms. The maximum absolute atomic E-state index is 11.9. The SMILES string of the molecule is N#Cc1cccc(S(=O)(=O)CCS(=O)(=O)Cl)c1[N+](=O)[O-]. The Balaban J connectivity index is 3.40. The zero-order valence-electron chi connectivity index (χ0n) is 9.68. The van der Waals surface area contributed by atoms with Crippen molar-refractivity contribution in [1.29, 1.82) is 5.26 Å². The predicted molar refractivity (Wildman–Crippen MR) is 69.5 cm³/mol. The molecule has 8 nitrogen and oxygen atoms in total. The molecule has 0 N–H and O–H groups in total. The number of benzene rings is 1. The summed E-state index contributed by atoms with van der Waals surface area (Å²) in [5, 5.41) is 19.6. The van der Waals surface area contributed by atoms with Gasteiger partial charge in [0.25, 0.3) is 0 Å². The number of hydrogen-bond acceptors (Lipinski definition) is 7. The molecule has 108 valence electrons. The Bertz CT molecular complexity index is 794. The third kappa shape index (κ3) is 3.89. The summed E-state index contributed by atoms with van der Waals surface area (Å²) in [5.74, 6) is -1.79. The first-order chi connectivity index (χ1) is 9.08. The van der Waals surface area contributed by atoms with Crippen LogP contribution in [0.1, 0.15) is 5.56 Å². The summed E-state index contributed by atoms with van der Waals surface area (Å²) in [4.78, 5) is 9.19. The van der Waals surface area contributed by atoms with Gasteiger partial charge >= 0.3 is 5.69 Å². The fraction of sp³-hybridized carbons (Fsp3) is 0.222. The number of rotatable bonds is 5. The van der Waals surface area contributed by atoms with E-state index in [1.807, 2.05) is 0 Å². The zero-order chi connectivity index (χ0) is 15.6. The minimum Gasteiger partial charge on any atom is -0.258 e. The van der Waals surface area contributed by atoms with Gasteiger partial charge in [0.15, 0.2) is 9.84 Å². The van der Waals surface area contributed by atoms with Crippen LogP contribution in [-0.2, 0) is 18.9 Å². The second-order valence-electron chi connectivity index (χ2n) is 3.58. The van der Waals surface area contributed by atoms with Crippen molar-refractivity contribution in [2.75, 3.05) is 11.5 Å². The van der Waals surface area contributed by atoms with E-state index in [1.54, 1.807) is 0 Å². The van der Waals surface area contributed by atoms with E-state index in [0.717, 1.165) is 18.2 Å². The van der Waals surface area contributed by atoms with E-state index >= 15 is 0 Å². The highest BCUT2D eigenvalue weighted by Gasteiger charge is 2.29. The van der Waals surface area contributed by atoms with Crippen molar-refractivity contribution in [2.45, 2.75) is 4.90 Å². The van der Waals surface area contributed by atoms with Gasteiger partial charge in [0.1, 0.15) is 16.5 Å². The van der Waals surface area contributed by atoms with Crippen LogP contribution in [0.4, 0.5) is 5.69 Å². The molecule has 0 aliphatic rings. The molecule has 0 atom stereocenters. The smallest absolute Gasteiger partial charge is 0.258 e. The fourth-order valence-electron chi connectivity index (χ4n) is 1.37. The molecule has 0 bridgehead atoms. The van der Waals surface area contributed by atoms with Crippen LogP contribution in [0.25, 0.3) is 0 Å². The molecule has 0 aromatic heterocycles. The summed E-state index contributed by atoms with van der Waals surface area (Å²) in [7, 11) is -3.40. The van der Waals surface area contributed by atoms with Crippen molar-refractivity contribution in [3.63, 3.8) is 0 Å². The Hall–Kier alpha value is -1.70. The van der Waals surface area contributed by atoms with E-state index in [4.69, 9.17) is 15.9 Å². The van der Waals surface area contributed by atoms with Crippen LogP contribution in [0.5, 0.6) is 0 Å². The summed E-state index contributed by atoms with van der Waals surface area (Å²) < 4.78 is 45.4. The van der Waals surface area contributed by atoms with Crippen molar-refractivity contribution in [3.05, 3.63) is 33.9 Å². The molecule has 0 heterocycles. The number of nitriles is 1. The summed E-state index contributed by atoms with van der Waals surface area (Å²) in [6.45, 7) is 0. The minimum atomic E-state index is -4.26. The first-order valence-electron chi connectivity index (χ1n) is 4.91. The lowest BCUT2D eigenvalue weighted by molar-refractivity contribution is -0.388. The summed E-state index contributed by atoms with van der Waals surface area (Å²) in [6, 6.07) is 4.70. The molecule has 0 saturated carbocycles. The average molecular weight is 339 g/mol. The number of halogens is 1. The highest BCUT2D eigenvalue weighted by atomic mass is 35.7. The molecule has 11 heteroatoms. The maximum atomic E-state index is 11.9. The van der Waals surface area contributed by atoms with Crippen LogP contribution in [0, 0.1) is 21.4 Å². The Morgan fingerprint density at radius 1 is 1.25 bits per heavy atom. The van der Waals surface area contributed by atoms with Gasteiger partial charge in [0, 0.05) is 10.7 Å². The summed E-state index contributed by atoms with van der Waals surface area (Å²) in [6.07, 6.45) is 0. The van der Waals surface area contributed by atoms with E-state index in [9.17, 15) is 26.9 Å². The van der Waals surface area contributed by atoms with E-state index in [1.165, 1.54) is 6.07 Å². The number of nitro benzene ring substituents is 1. The first-order valence-corrected chi connectivity index (χ1v) is 9.04. The normalized spacial score (nSPS) is 11.8. The highest BCUT2D eigenvalue weighted by molar-refractivity contribution is 8.14. The van der Waals surface area contributed by atoms with Crippen LogP contribution < -0.4 is 0 Å². The van der Waals surface area contributed by atoms with Gasteiger partial charge in [-0.05, 0) is 12.1 Å². The van der Waals surface area contributed by atoms with E-state index < -0.39 is 51.5 Å². The Morgan fingerprint density at radius 2 is 1.85 bits per heavy atom. The van der Waals surface area contributed by atoms with E-state index in [2.05, 4.69) is 0 Å². The molecule has 0 aliphatic carbocycles. The van der Waals surface area contributed by atoms with Gasteiger partial charge in [0.05, 0.1) is 16.4 Å². The minimum absolute atomic E-state index is 0.426. The molecular formula is C9H7ClN2O6S2. The molecular weight excluding hydrogens is 332 g/mol. The summed E-state index contributed by atoms with van der Waals surface area (Å²) in [5.41, 5.74) is -1.30. The van der Waals surface area contributed by atoms with Crippen molar-refractivity contribution in [1.82, 2.24) is 0 Å². The third-order valence-electron chi connectivity index (χ3n) is 2.23. The lowest BCUT2D eigenvalue weighted by atomic mass is 10.2. The van der Waals surface area contributed by atoms with Gasteiger partial charge in [-0.2, -0.15) is 5.26 Å². The fourth-order valence-corrected chi connectivity index (χ4v) is 4.60. The second kappa shape index (κ2) is 5.74. The van der Waals surface area contributed by atoms with Crippen LogP contribution in [0.2, 0.25) is 0 Å². The van der Waals surface area contributed by atoms with Crippen molar-refractivity contribution >= 4 is 35.3 Å².